The lowest BCUT2D eigenvalue weighted by atomic mass is 9.93. The highest BCUT2D eigenvalue weighted by atomic mass is 35.5. The van der Waals surface area contributed by atoms with Gasteiger partial charge in [0.15, 0.2) is 0 Å². The molecule has 0 aromatic heterocycles. The van der Waals surface area contributed by atoms with Gasteiger partial charge in [0.05, 0.1) is 5.92 Å². The van der Waals surface area contributed by atoms with Crippen LogP contribution in [0.1, 0.15) is 55.8 Å². The minimum absolute atomic E-state index is 0. The Labute approximate surface area is 156 Å². The summed E-state index contributed by atoms with van der Waals surface area (Å²) < 4.78 is 0. The van der Waals surface area contributed by atoms with E-state index in [1.54, 1.807) is 0 Å². The molecule has 0 aliphatic carbocycles. The Hall–Kier alpha value is -1.84. The van der Waals surface area contributed by atoms with Crippen molar-refractivity contribution in [1.82, 2.24) is 5.32 Å². The summed E-state index contributed by atoms with van der Waals surface area (Å²) in [6.45, 7) is 6.25. The SMILES string of the molecule is CCC(C(=O)O)c1cccc(C[C@@H](C)N[C@H](C)c2ccccc2)c1.Cl. The number of hydrogen-bond acceptors (Lipinski definition) is 2. The molecular formula is C21H28ClNO2. The van der Waals surface area contributed by atoms with E-state index in [1.165, 1.54) is 11.1 Å². The third-order valence-electron chi connectivity index (χ3n) is 4.44. The second-order valence-corrected chi connectivity index (χ2v) is 6.45. The first kappa shape index (κ1) is 21.2. The molecular weight excluding hydrogens is 334 g/mol. The topological polar surface area (TPSA) is 49.3 Å². The second-order valence-electron chi connectivity index (χ2n) is 6.45. The van der Waals surface area contributed by atoms with E-state index in [-0.39, 0.29) is 18.4 Å². The smallest absolute Gasteiger partial charge is 0.310 e. The largest absolute Gasteiger partial charge is 0.481 e. The van der Waals surface area contributed by atoms with Crippen molar-refractivity contribution >= 4 is 18.4 Å². The third kappa shape index (κ3) is 6.18. The van der Waals surface area contributed by atoms with Gasteiger partial charge < -0.3 is 10.4 Å². The van der Waals surface area contributed by atoms with Gasteiger partial charge in [-0.25, -0.2) is 0 Å². The molecule has 0 radical (unpaired) electrons. The van der Waals surface area contributed by atoms with Crippen molar-refractivity contribution in [3.63, 3.8) is 0 Å². The first-order valence-electron chi connectivity index (χ1n) is 8.64. The molecule has 0 amide bonds. The van der Waals surface area contributed by atoms with Gasteiger partial charge in [0.1, 0.15) is 0 Å². The maximum Gasteiger partial charge on any atom is 0.310 e. The minimum Gasteiger partial charge on any atom is -0.481 e. The first-order chi connectivity index (χ1) is 11.5. The van der Waals surface area contributed by atoms with Crippen molar-refractivity contribution < 1.29 is 9.90 Å². The summed E-state index contributed by atoms with van der Waals surface area (Å²) in [5.74, 6) is -1.17. The molecule has 0 spiro atoms. The van der Waals surface area contributed by atoms with Crippen LogP contribution in [0.3, 0.4) is 0 Å². The highest BCUT2D eigenvalue weighted by molar-refractivity contribution is 5.85. The quantitative estimate of drug-likeness (QED) is 0.698. The predicted octanol–water partition coefficient (Wildman–Crippen LogP) is 4.97. The van der Waals surface area contributed by atoms with Crippen molar-refractivity contribution in [1.29, 1.82) is 0 Å². The van der Waals surface area contributed by atoms with E-state index >= 15 is 0 Å². The Balaban J connectivity index is 0.00000312. The number of aliphatic carboxylic acids is 1. The number of carboxylic acid groups (broad SMARTS) is 1. The van der Waals surface area contributed by atoms with E-state index in [0.29, 0.717) is 12.5 Å². The molecule has 3 nitrogen and oxygen atoms in total. The molecule has 0 bridgehead atoms. The fraction of sp³-hybridized carbons (Fsp3) is 0.381. The fourth-order valence-corrected chi connectivity index (χ4v) is 3.17. The average Bonchev–Trinajstić information content (AvgIpc) is 2.56. The number of carboxylic acids is 1. The zero-order valence-electron chi connectivity index (χ0n) is 15.1. The van der Waals surface area contributed by atoms with Gasteiger partial charge in [0.2, 0.25) is 0 Å². The van der Waals surface area contributed by atoms with E-state index in [2.05, 4.69) is 49.5 Å². The summed E-state index contributed by atoms with van der Waals surface area (Å²) in [5.41, 5.74) is 3.34. The Morgan fingerprint density at radius 2 is 1.68 bits per heavy atom. The number of halogens is 1. The summed E-state index contributed by atoms with van der Waals surface area (Å²) >= 11 is 0. The molecule has 136 valence electrons. The predicted molar refractivity (Wildman–Crippen MR) is 106 cm³/mol. The fourth-order valence-electron chi connectivity index (χ4n) is 3.17. The minimum atomic E-state index is -0.751. The van der Waals surface area contributed by atoms with Crippen molar-refractivity contribution in [2.75, 3.05) is 0 Å². The highest BCUT2D eigenvalue weighted by Crippen LogP contribution is 2.22. The molecule has 2 N–H and O–H groups in total. The normalized spacial score (nSPS) is 14.2. The summed E-state index contributed by atoms with van der Waals surface area (Å²) in [5, 5.41) is 12.9. The number of benzene rings is 2. The van der Waals surface area contributed by atoms with Gasteiger partial charge in [0, 0.05) is 12.1 Å². The molecule has 0 aliphatic rings. The molecule has 0 aliphatic heterocycles. The Kier molecular flexibility index (Phi) is 8.67. The van der Waals surface area contributed by atoms with E-state index in [9.17, 15) is 9.90 Å². The zero-order valence-corrected chi connectivity index (χ0v) is 15.9. The summed E-state index contributed by atoms with van der Waals surface area (Å²) in [7, 11) is 0. The molecule has 2 rings (SSSR count). The van der Waals surface area contributed by atoms with Crippen molar-refractivity contribution in [2.24, 2.45) is 0 Å². The lowest BCUT2D eigenvalue weighted by molar-refractivity contribution is -0.138. The van der Waals surface area contributed by atoms with Crippen LogP contribution in [0, 0.1) is 0 Å². The molecule has 25 heavy (non-hydrogen) atoms. The number of rotatable bonds is 8. The summed E-state index contributed by atoms with van der Waals surface area (Å²) in [6.07, 6.45) is 1.48. The molecule has 1 unspecified atom stereocenters. The molecule has 4 heteroatoms. The maximum absolute atomic E-state index is 11.4. The summed E-state index contributed by atoms with van der Waals surface area (Å²) in [4.78, 5) is 11.4. The van der Waals surface area contributed by atoms with Crippen LogP contribution in [0.2, 0.25) is 0 Å². The lowest BCUT2D eigenvalue weighted by Crippen LogP contribution is -2.30. The Morgan fingerprint density at radius 3 is 2.28 bits per heavy atom. The standard InChI is InChI=1S/C21H27NO2.ClH/c1-4-20(21(23)24)19-12-8-9-17(14-19)13-15(2)22-16(3)18-10-6-5-7-11-18;/h5-12,14-16,20,22H,4,13H2,1-3H3,(H,23,24);1H/t15-,16-,20?;/m1./s1. The zero-order chi connectivity index (χ0) is 17.5. The molecule has 0 heterocycles. The maximum atomic E-state index is 11.4. The van der Waals surface area contributed by atoms with Gasteiger partial charge >= 0.3 is 5.97 Å². The van der Waals surface area contributed by atoms with Crippen molar-refractivity contribution in [3.05, 3.63) is 71.3 Å². The second kappa shape index (κ2) is 10.2. The lowest BCUT2D eigenvalue weighted by Gasteiger charge is -2.21. The van der Waals surface area contributed by atoms with Crippen LogP contribution in [0.5, 0.6) is 0 Å². The van der Waals surface area contributed by atoms with Gasteiger partial charge in [-0.1, -0.05) is 61.5 Å². The van der Waals surface area contributed by atoms with Gasteiger partial charge in [-0.15, -0.1) is 12.4 Å². The van der Waals surface area contributed by atoms with Crippen molar-refractivity contribution in [2.45, 2.75) is 51.6 Å². The number of carbonyl (C=O) groups is 1. The van der Waals surface area contributed by atoms with Crippen LogP contribution in [0.4, 0.5) is 0 Å². The van der Waals surface area contributed by atoms with Crippen LogP contribution >= 0.6 is 12.4 Å². The monoisotopic (exact) mass is 361 g/mol. The van der Waals surface area contributed by atoms with E-state index in [4.69, 9.17) is 0 Å². The average molecular weight is 362 g/mol. The Bertz CT molecular complexity index is 660. The molecule has 0 saturated heterocycles. The molecule has 0 saturated carbocycles. The van der Waals surface area contributed by atoms with E-state index in [1.807, 2.05) is 31.2 Å². The van der Waals surface area contributed by atoms with E-state index < -0.39 is 11.9 Å². The van der Waals surface area contributed by atoms with E-state index in [0.717, 1.165) is 12.0 Å². The van der Waals surface area contributed by atoms with Gasteiger partial charge in [0.25, 0.3) is 0 Å². The molecule has 2 aromatic rings. The van der Waals surface area contributed by atoms with Crippen molar-refractivity contribution in [3.8, 4) is 0 Å². The highest BCUT2D eigenvalue weighted by Gasteiger charge is 2.18. The van der Waals surface area contributed by atoms with Crippen LogP contribution < -0.4 is 5.32 Å². The summed E-state index contributed by atoms with van der Waals surface area (Å²) in [6, 6.07) is 19.0. The van der Waals surface area contributed by atoms with Gasteiger partial charge in [-0.3, -0.25) is 4.79 Å². The Morgan fingerprint density at radius 1 is 1.04 bits per heavy atom. The van der Waals surface area contributed by atoms with Gasteiger partial charge in [-0.05, 0) is 43.4 Å². The van der Waals surface area contributed by atoms with Crippen LogP contribution in [0.25, 0.3) is 0 Å². The molecule has 2 aromatic carbocycles. The van der Waals surface area contributed by atoms with Crippen LogP contribution in [-0.4, -0.2) is 17.1 Å². The third-order valence-corrected chi connectivity index (χ3v) is 4.44. The molecule has 0 fully saturated rings. The molecule has 3 atom stereocenters. The number of hydrogen-bond donors (Lipinski definition) is 2. The number of nitrogens with one attached hydrogen (secondary N) is 1. The van der Waals surface area contributed by atoms with Crippen LogP contribution in [-0.2, 0) is 11.2 Å². The van der Waals surface area contributed by atoms with Crippen LogP contribution in [0.15, 0.2) is 54.6 Å². The van der Waals surface area contributed by atoms with Gasteiger partial charge in [-0.2, -0.15) is 0 Å². The first-order valence-corrected chi connectivity index (χ1v) is 8.64.